The zero-order valence-corrected chi connectivity index (χ0v) is 17.7. The summed E-state index contributed by atoms with van der Waals surface area (Å²) in [5.74, 6) is 1.85. The second kappa shape index (κ2) is 9.64. The van der Waals surface area contributed by atoms with Gasteiger partial charge in [0.05, 0.1) is 14.2 Å². The van der Waals surface area contributed by atoms with Crippen LogP contribution in [-0.4, -0.2) is 14.2 Å². The molecule has 2 heteroatoms. The lowest BCUT2D eigenvalue weighted by molar-refractivity contribution is 0.414. The van der Waals surface area contributed by atoms with Gasteiger partial charge in [0.25, 0.3) is 0 Å². The predicted molar refractivity (Wildman–Crippen MR) is 119 cm³/mol. The molecule has 0 bridgehead atoms. The number of hydrogen-bond donors (Lipinski definition) is 0. The highest BCUT2D eigenvalue weighted by atomic mass is 16.5. The van der Waals surface area contributed by atoms with Crippen molar-refractivity contribution in [3.05, 3.63) is 70.8 Å². The Morgan fingerprint density at radius 2 is 0.821 bits per heavy atom. The van der Waals surface area contributed by atoms with Gasteiger partial charge < -0.3 is 9.47 Å². The first-order valence-corrected chi connectivity index (χ1v) is 10.5. The zero-order valence-electron chi connectivity index (χ0n) is 17.7. The number of benzene rings is 2. The smallest absolute Gasteiger partial charge is 0.118 e. The van der Waals surface area contributed by atoms with Crippen LogP contribution in [0.25, 0.3) is 11.1 Å². The van der Waals surface area contributed by atoms with Gasteiger partial charge in [0.1, 0.15) is 11.5 Å². The maximum absolute atomic E-state index is 5.32. The summed E-state index contributed by atoms with van der Waals surface area (Å²) in [5.41, 5.74) is 8.99. The van der Waals surface area contributed by atoms with Crippen molar-refractivity contribution in [3.8, 4) is 11.5 Å². The number of rotatable bonds is 4. The molecular weight excluding hydrogens is 344 g/mol. The zero-order chi connectivity index (χ0) is 19.9. The Hall–Kier alpha value is -2.48. The van der Waals surface area contributed by atoms with Gasteiger partial charge in [0.2, 0.25) is 0 Å². The third-order valence-electron chi connectivity index (χ3n) is 5.68. The van der Waals surface area contributed by atoms with Crippen molar-refractivity contribution >= 4 is 11.1 Å². The van der Waals surface area contributed by atoms with Crippen LogP contribution in [0.15, 0.2) is 59.7 Å². The molecule has 0 N–H and O–H groups in total. The molecule has 28 heavy (non-hydrogen) atoms. The molecule has 0 fully saturated rings. The number of fused-ring (bicyclic) bond motifs is 1. The molecule has 0 radical (unpaired) electrons. The van der Waals surface area contributed by atoms with E-state index in [0.29, 0.717) is 0 Å². The maximum Gasteiger partial charge on any atom is 0.118 e. The lowest BCUT2D eigenvalue weighted by Gasteiger charge is -2.30. The van der Waals surface area contributed by atoms with E-state index in [-0.39, 0.29) is 0 Å². The molecule has 2 aromatic rings. The van der Waals surface area contributed by atoms with Gasteiger partial charge in [-0.2, -0.15) is 0 Å². The van der Waals surface area contributed by atoms with Gasteiger partial charge in [-0.25, -0.2) is 0 Å². The molecule has 0 atom stereocenters. The number of methoxy groups -OCH3 is 2. The highest BCUT2D eigenvalue weighted by Gasteiger charge is 2.25. The highest BCUT2D eigenvalue weighted by Crippen LogP contribution is 2.46. The summed E-state index contributed by atoms with van der Waals surface area (Å²) in [6.07, 6.45) is 7.24. The molecule has 0 saturated heterocycles. The lowest BCUT2D eigenvalue weighted by atomic mass is 9.74. The Labute approximate surface area is 169 Å². The standard InChI is InChI=1S/C24H26O2.C2H6/c1-25-19-13-9-17(10-14-19)21-5-3-8-24-22(6-4-7-23(21)24)18-11-15-20(26-2)16-12-18;1-2/h9-16H,3-8H2,1-2H3;1-2H3. The fraction of sp³-hybridized carbons (Fsp3) is 0.385. The molecular formula is C26H32O2. The lowest BCUT2D eigenvalue weighted by Crippen LogP contribution is -2.10. The van der Waals surface area contributed by atoms with E-state index in [9.17, 15) is 0 Å². The minimum absolute atomic E-state index is 0.925. The second-order valence-corrected chi connectivity index (χ2v) is 7.08. The first-order chi connectivity index (χ1) is 13.8. The van der Waals surface area contributed by atoms with Crippen LogP contribution in [-0.2, 0) is 0 Å². The van der Waals surface area contributed by atoms with Crippen molar-refractivity contribution in [2.45, 2.75) is 52.4 Å². The van der Waals surface area contributed by atoms with Crippen molar-refractivity contribution in [1.29, 1.82) is 0 Å². The Morgan fingerprint density at radius 1 is 0.500 bits per heavy atom. The summed E-state index contributed by atoms with van der Waals surface area (Å²) >= 11 is 0. The van der Waals surface area contributed by atoms with E-state index >= 15 is 0 Å². The van der Waals surface area contributed by atoms with Crippen LogP contribution in [0.4, 0.5) is 0 Å². The first-order valence-electron chi connectivity index (χ1n) is 10.5. The van der Waals surface area contributed by atoms with Crippen molar-refractivity contribution in [2.24, 2.45) is 0 Å². The second-order valence-electron chi connectivity index (χ2n) is 7.08. The van der Waals surface area contributed by atoms with Crippen molar-refractivity contribution in [2.75, 3.05) is 14.2 Å². The molecule has 2 nitrogen and oxygen atoms in total. The monoisotopic (exact) mass is 376 g/mol. The Balaban J connectivity index is 0.00000109. The van der Waals surface area contributed by atoms with E-state index in [2.05, 4.69) is 48.5 Å². The molecule has 4 rings (SSSR count). The topological polar surface area (TPSA) is 18.5 Å². The SMILES string of the molecule is CC.COc1ccc(C2=C3CCCC(c4ccc(OC)cc4)=C3CCC2)cc1. The molecule has 0 saturated carbocycles. The third-order valence-corrected chi connectivity index (χ3v) is 5.68. The molecule has 2 aliphatic carbocycles. The van der Waals surface area contributed by atoms with Crippen LogP contribution in [0.5, 0.6) is 11.5 Å². The molecule has 0 unspecified atom stereocenters. The normalized spacial score (nSPS) is 16.1. The minimum Gasteiger partial charge on any atom is -0.497 e. The molecule has 0 amide bonds. The van der Waals surface area contributed by atoms with E-state index in [1.807, 2.05) is 13.8 Å². The van der Waals surface area contributed by atoms with Gasteiger partial charge in [0.15, 0.2) is 0 Å². The Bertz CT molecular complexity index is 766. The van der Waals surface area contributed by atoms with Crippen LogP contribution in [0.1, 0.15) is 63.5 Å². The first kappa shape index (κ1) is 20.3. The minimum atomic E-state index is 0.925. The molecule has 148 valence electrons. The van der Waals surface area contributed by atoms with Crippen LogP contribution >= 0.6 is 0 Å². The van der Waals surface area contributed by atoms with E-state index in [1.165, 1.54) is 49.7 Å². The van der Waals surface area contributed by atoms with Crippen LogP contribution in [0, 0.1) is 0 Å². The Morgan fingerprint density at radius 3 is 1.14 bits per heavy atom. The Kier molecular flexibility index (Phi) is 6.97. The summed E-state index contributed by atoms with van der Waals surface area (Å²) in [6, 6.07) is 17.2. The summed E-state index contributed by atoms with van der Waals surface area (Å²) in [6.45, 7) is 4.00. The van der Waals surface area contributed by atoms with Crippen LogP contribution in [0.3, 0.4) is 0 Å². The highest BCUT2D eigenvalue weighted by molar-refractivity contribution is 5.82. The van der Waals surface area contributed by atoms with Gasteiger partial charge >= 0.3 is 0 Å². The fourth-order valence-electron chi connectivity index (χ4n) is 4.38. The van der Waals surface area contributed by atoms with Gasteiger partial charge in [0, 0.05) is 0 Å². The number of allylic oxidation sites excluding steroid dienone is 4. The van der Waals surface area contributed by atoms with Crippen LogP contribution in [0.2, 0.25) is 0 Å². The van der Waals surface area contributed by atoms with Gasteiger partial charge in [-0.3, -0.25) is 0 Å². The largest absolute Gasteiger partial charge is 0.497 e. The van der Waals surface area contributed by atoms with Crippen molar-refractivity contribution in [3.63, 3.8) is 0 Å². The average molecular weight is 377 g/mol. The number of ether oxygens (including phenoxy) is 2. The molecule has 2 aromatic carbocycles. The van der Waals surface area contributed by atoms with Gasteiger partial charge in [-0.15, -0.1) is 0 Å². The van der Waals surface area contributed by atoms with Crippen LogP contribution < -0.4 is 9.47 Å². The molecule has 0 aliphatic heterocycles. The van der Waals surface area contributed by atoms with Gasteiger partial charge in [-0.05, 0) is 96.2 Å². The molecule has 0 aromatic heterocycles. The van der Waals surface area contributed by atoms with E-state index < -0.39 is 0 Å². The molecule has 0 spiro atoms. The maximum atomic E-state index is 5.32. The van der Waals surface area contributed by atoms with E-state index in [1.54, 1.807) is 36.5 Å². The van der Waals surface area contributed by atoms with E-state index in [0.717, 1.165) is 11.5 Å². The predicted octanol–water partition coefficient (Wildman–Crippen LogP) is 7.31. The van der Waals surface area contributed by atoms with Gasteiger partial charge in [-0.1, -0.05) is 38.1 Å². The third kappa shape index (κ3) is 4.16. The fourth-order valence-corrected chi connectivity index (χ4v) is 4.38. The van der Waals surface area contributed by atoms with Crippen molar-refractivity contribution < 1.29 is 9.47 Å². The van der Waals surface area contributed by atoms with E-state index in [4.69, 9.17) is 9.47 Å². The summed E-state index contributed by atoms with van der Waals surface area (Å²) in [7, 11) is 3.45. The van der Waals surface area contributed by atoms with Crippen molar-refractivity contribution in [1.82, 2.24) is 0 Å². The average Bonchev–Trinajstić information content (AvgIpc) is 2.80. The molecule has 2 aliphatic rings. The number of hydrogen-bond acceptors (Lipinski definition) is 2. The summed E-state index contributed by atoms with van der Waals surface area (Å²) in [4.78, 5) is 0. The quantitative estimate of drug-likeness (QED) is 0.557. The molecule has 0 heterocycles. The summed E-state index contributed by atoms with van der Waals surface area (Å²) < 4.78 is 10.6. The summed E-state index contributed by atoms with van der Waals surface area (Å²) in [5, 5.41) is 0.